The van der Waals surface area contributed by atoms with Crippen molar-refractivity contribution in [3.8, 4) is 0 Å². The number of sulfone groups is 1. The van der Waals surface area contributed by atoms with Gasteiger partial charge in [0.2, 0.25) is 0 Å². The lowest BCUT2D eigenvalue weighted by molar-refractivity contribution is 0.368. The van der Waals surface area contributed by atoms with Crippen molar-refractivity contribution in [2.45, 2.75) is 23.8 Å². The fourth-order valence-electron chi connectivity index (χ4n) is 1.37. The molecule has 7 heteroatoms. The molecule has 0 N–H and O–H groups in total. The first-order valence-electron chi connectivity index (χ1n) is 4.43. The molecule has 0 amide bonds. The lowest BCUT2D eigenvalue weighted by atomic mass is 10.2. The Morgan fingerprint density at radius 1 is 1.67 bits per heavy atom. The number of alkyl halides is 2. The van der Waals surface area contributed by atoms with E-state index in [9.17, 15) is 8.42 Å². The molecule has 1 rings (SSSR count). The number of nitrogens with zero attached hydrogens (tertiary/aromatic N) is 2. The second-order valence-corrected chi connectivity index (χ2v) is 7.45. The zero-order valence-corrected chi connectivity index (χ0v) is 11.2. The Labute approximate surface area is 100 Å². The first kappa shape index (κ1) is 13.1. The zero-order valence-electron chi connectivity index (χ0n) is 8.87. The van der Waals surface area contributed by atoms with Crippen LogP contribution in [-0.4, -0.2) is 48.7 Å². The van der Waals surface area contributed by atoms with Gasteiger partial charge in [-0.1, -0.05) is 23.2 Å². The highest BCUT2D eigenvalue weighted by Gasteiger charge is 2.34. The molecule has 0 saturated heterocycles. The Bertz CT molecular complexity index is 378. The van der Waals surface area contributed by atoms with Crippen molar-refractivity contribution in [3.05, 3.63) is 0 Å². The van der Waals surface area contributed by atoms with Gasteiger partial charge >= 0.3 is 0 Å². The Kier molecular flexibility index (Phi) is 3.58. The molecule has 0 aromatic heterocycles. The monoisotopic (exact) mass is 272 g/mol. The maximum atomic E-state index is 11.2. The summed E-state index contributed by atoms with van der Waals surface area (Å²) in [6.45, 7) is 1.72. The Hall–Kier alpha value is -0.000000000000000111. The van der Waals surface area contributed by atoms with Gasteiger partial charge in [-0.3, -0.25) is 0 Å². The lowest BCUT2D eigenvalue weighted by Crippen LogP contribution is -2.45. The van der Waals surface area contributed by atoms with Crippen LogP contribution >= 0.6 is 23.2 Å². The van der Waals surface area contributed by atoms with Crippen molar-refractivity contribution in [1.29, 1.82) is 0 Å². The van der Waals surface area contributed by atoms with E-state index in [-0.39, 0.29) is 11.3 Å². The average Bonchev–Trinajstić information content (AvgIpc) is 1.95. The number of halogens is 2. The molecule has 0 spiro atoms. The molecule has 0 fully saturated rings. The van der Waals surface area contributed by atoms with E-state index in [1.165, 1.54) is 0 Å². The van der Waals surface area contributed by atoms with Crippen LogP contribution in [0.15, 0.2) is 4.99 Å². The van der Waals surface area contributed by atoms with Crippen molar-refractivity contribution in [2.75, 3.05) is 19.1 Å². The molecule has 0 saturated carbocycles. The predicted octanol–water partition coefficient (Wildman–Crippen LogP) is 1.28. The third-order valence-corrected chi connectivity index (χ3v) is 3.59. The summed E-state index contributed by atoms with van der Waals surface area (Å²) < 4.78 is 22.3. The highest BCUT2D eigenvalue weighted by atomic mass is 35.5. The molecule has 0 aromatic rings. The van der Waals surface area contributed by atoms with Gasteiger partial charge in [0, 0.05) is 19.7 Å². The summed E-state index contributed by atoms with van der Waals surface area (Å²) in [4.78, 5) is 5.01. The van der Waals surface area contributed by atoms with Crippen LogP contribution in [0.2, 0.25) is 0 Å². The summed E-state index contributed by atoms with van der Waals surface area (Å²) in [5, 5.41) is 0. The molecule has 1 aliphatic heterocycles. The third-order valence-electron chi connectivity index (χ3n) is 2.12. The minimum absolute atomic E-state index is 0.130. The van der Waals surface area contributed by atoms with E-state index in [1.54, 1.807) is 18.9 Å². The standard InChI is InChI=1S/C8H14Cl2N2O2S/c1-8(10)4-6(9)12(2)7(11-8)5-15(3,13)14/h6H,4-5H2,1-3H3. The fourth-order valence-corrected chi connectivity index (χ4v) is 2.84. The van der Waals surface area contributed by atoms with Gasteiger partial charge in [0.25, 0.3) is 0 Å². The van der Waals surface area contributed by atoms with Gasteiger partial charge in [0.1, 0.15) is 22.1 Å². The molecule has 0 aromatic carbocycles. The number of amidine groups is 1. The fraction of sp³-hybridized carbons (Fsp3) is 0.875. The van der Waals surface area contributed by atoms with Crippen LogP contribution in [0.4, 0.5) is 0 Å². The van der Waals surface area contributed by atoms with Gasteiger partial charge in [-0.25, -0.2) is 13.4 Å². The molecule has 1 aliphatic rings. The topological polar surface area (TPSA) is 49.7 Å². The quantitative estimate of drug-likeness (QED) is 0.562. The SMILES string of the molecule is CN1C(CS(C)(=O)=O)=NC(C)(Cl)CC1Cl. The second kappa shape index (κ2) is 4.11. The highest BCUT2D eigenvalue weighted by molar-refractivity contribution is 7.91. The molecule has 2 unspecified atom stereocenters. The first-order chi connectivity index (χ1) is 6.61. The molecule has 1 heterocycles. The van der Waals surface area contributed by atoms with Crippen LogP contribution in [0.3, 0.4) is 0 Å². The molecule has 15 heavy (non-hydrogen) atoms. The van der Waals surface area contributed by atoms with E-state index in [0.29, 0.717) is 12.3 Å². The van der Waals surface area contributed by atoms with Crippen LogP contribution in [0.25, 0.3) is 0 Å². The van der Waals surface area contributed by atoms with E-state index in [2.05, 4.69) is 4.99 Å². The molecule has 0 radical (unpaired) electrons. The normalized spacial score (nSPS) is 32.7. The lowest BCUT2D eigenvalue weighted by Gasteiger charge is -2.36. The molecule has 0 aliphatic carbocycles. The third kappa shape index (κ3) is 3.81. The van der Waals surface area contributed by atoms with Crippen LogP contribution < -0.4 is 0 Å². The van der Waals surface area contributed by atoms with E-state index in [4.69, 9.17) is 23.2 Å². The Morgan fingerprint density at radius 3 is 2.67 bits per heavy atom. The second-order valence-electron chi connectivity index (χ2n) is 3.99. The first-order valence-corrected chi connectivity index (χ1v) is 7.30. The smallest absolute Gasteiger partial charge is 0.154 e. The summed E-state index contributed by atoms with van der Waals surface area (Å²) in [7, 11) is -1.40. The Morgan fingerprint density at radius 2 is 2.20 bits per heavy atom. The van der Waals surface area contributed by atoms with Crippen LogP contribution in [0, 0.1) is 0 Å². The van der Waals surface area contributed by atoms with Crippen LogP contribution in [0.1, 0.15) is 13.3 Å². The minimum atomic E-state index is -3.12. The van der Waals surface area contributed by atoms with Crippen molar-refractivity contribution in [1.82, 2.24) is 4.90 Å². The van der Waals surface area contributed by atoms with Crippen LogP contribution in [0.5, 0.6) is 0 Å². The number of hydrogen-bond acceptors (Lipinski definition) is 4. The maximum absolute atomic E-state index is 11.2. The van der Waals surface area contributed by atoms with Crippen molar-refractivity contribution in [3.63, 3.8) is 0 Å². The van der Waals surface area contributed by atoms with Crippen molar-refractivity contribution in [2.24, 2.45) is 4.99 Å². The predicted molar refractivity (Wildman–Crippen MR) is 63.4 cm³/mol. The molecule has 88 valence electrons. The van der Waals surface area contributed by atoms with E-state index < -0.39 is 14.8 Å². The molecular weight excluding hydrogens is 259 g/mol. The van der Waals surface area contributed by atoms with Gasteiger partial charge < -0.3 is 4.90 Å². The summed E-state index contributed by atoms with van der Waals surface area (Å²) >= 11 is 12.1. The van der Waals surface area contributed by atoms with E-state index in [1.807, 2.05) is 0 Å². The van der Waals surface area contributed by atoms with Gasteiger partial charge in [0.05, 0.1) is 0 Å². The summed E-state index contributed by atoms with van der Waals surface area (Å²) in [5.41, 5.74) is -0.318. The molecule has 4 nitrogen and oxygen atoms in total. The summed E-state index contributed by atoms with van der Waals surface area (Å²) in [6, 6.07) is 0. The summed E-state index contributed by atoms with van der Waals surface area (Å²) in [6.07, 6.45) is 1.65. The van der Waals surface area contributed by atoms with Gasteiger partial charge in [-0.05, 0) is 6.92 Å². The van der Waals surface area contributed by atoms with Crippen molar-refractivity contribution < 1.29 is 8.42 Å². The van der Waals surface area contributed by atoms with Gasteiger partial charge in [0.15, 0.2) is 9.84 Å². The largest absolute Gasteiger partial charge is 0.346 e. The summed E-state index contributed by atoms with van der Waals surface area (Å²) in [5.74, 6) is 0.288. The van der Waals surface area contributed by atoms with Crippen molar-refractivity contribution >= 4 is 38.9 Å². The Balaban J connectivity index is 2.99. The zero-order chi connectivity index (χ0) is 11.9. The molecule has 0 bridgehead atoms. The average molecular weight is 273 g/mol. The number of hydrogen-bond donors (Lipinski definition) is 0. The number of rotatable bonds is 2. The number of aliphatic imine (C=N–C) groups is 1. The molecular formula is C8H14Cl2N2O2S. The van der Waals surface area contributed by atoms with Gasteiger partial charge in [-0.2, -0.15) is 0 Å². The molecule has 2 atom stereocenters. The maximum Gasteiger partial charge on any atom is 0.154 e. The minimum Gasteiger partial charge on any atom is -0.346 e. The van der Waals surface area contributed by atoms with Gasteiger partial charge in [-0.15, -0.1) is 0 Å². The van der Waals surface area contributed by atoms with E-state index in [0.717, 1.165) is 6.26 Å². The highest BCUT2D eigenvalue weighted by Crippen LogP contribution is 2.31. The van der Waals surface area contributed by atoms with E-state index >= 15 is 0 Å². The van der Waals surface area contributed by atoms with Crippen LogP contribution in [-0.2, 0) is 9.84 Å².